The molecule has 0 aliphatic carbocycles. The number of aromatic nitrogens is 2. The topological polar surface area (TPSA) is 119 Å². The number of aromatic amines is 1. The fourth-order valence-electron chi connectivity index (χ4n) is 2.78. The predicted octanol–water partition coefficient (Wildman–Crippen LogP) is 3.14. The van der Waals surface area contributed by atoms with E-state index in [0.717, 1.165) is 5.56 Å². The van der Waals surface area contributed by atoms with Gasteiger partial charge in [0.05, 0.1) is 17.1 Å². The number of para-hydroxylation sites is 1. The summed E-state index contributed by atoms with van der Waals surface area (Å²) in [5.41, 5.74) is 4.63. The molecule has 4 rings (SSSR count). The Labute approximate surface area is 170 Å². The maximum absolute atomic E-state index is 12.2. The molecule has 0 fully saturated rings. The number of anilines is 2. The minimum absolute atomic E-state index is 0.160. The van der Waals surface area contributed by atoms with Crippen LogP contribution in [0.15, 0.2) is 82.7 Å². The summed E-state index contributed by atoms with van der Waals surface area (Å²) in [5.74, 6) is 0.107. The number of fused-ring (bicyclic) bond motifs is 1. The number of nitrogens with zero attached hydrogens (tertiary/aromatic N) is 2. The highest BCUT2D eigenvalue weighted by Crippen LogP contribution is 2.15. The number of nitrogens with one attached hydrogen (secondary N) is 3. The van der Waals surface area contributed by atoms with Gasteiger partial charge in [0.25, 0.3) is 11.5 Å². The minimum Gasteiger partial charge on any atom is -0.508 e. The molecule has 4 aromatic rings. The second kappa shape index (κ2) is 8.27. The van der Waals surface area contributed by atoms with E-state index in [9.17, 15) is 14.7 Å². The summed E-state index contributed by atoms with van der Waals surface area (Å²) in [6.07, 6.45) is 1.48. The molecule has 3 aromatic carbocycles. The average molecular weight is 399 g/mol. The number of hydrogen-bond donors (Lipinski definition) is 4. The van der Waals surface area contributed by atoms with Gasteiger partial charge in [0, 0.05) is 11.3 Å². The lowest BCUT2D eigenvalue weighted by Crippen LogP contribution is -2.17. The van der Waals surface area contributed by atoms with Crippen LogP contribution in [0.5, 0.6) is 5.75 Å². The Morgan fingerprint density at radius 1 is 1.00 bits per heavy atom. The lowest BCUT2D eigenvalue weighted by Gasteiger charge is -2.07. The maximum atomic E-state index is 12.2. The van der Waals surface area contributed by atoms with Gasteiger partial charge in [-0.3, -0.25) is 14.6 Å². The van der Waals surface area contributed by atoms with Crippen molar-refractivity contribution in [1.29, 1.82) is 0 Å². The molecule has 8 nitrogen and oxygen atoms in total. The molecule has 0 atom stereocenters. The number of hydrazone groups is 1. The Hall–Kier alpha value is -4.46. The molecule has 30 heavy (non-hydrogen) atoms. The van der Waals surface area contributed by atoms with E-state index in [1.807, 2.05) is 6.07 Å². The second-order valence-corrected chi connectivity index (χ2v) is 6.42. The number of benzene rings is 3. The zero-order valence-corrected chi connectivity index (χ0v) is 15.7. The second-order valence-electron chi connectivity index (χ2n) is 6.42. The van der Waals surface area contributed by atoms with Crippen LogP contribution in [0.2, 0.25) is 0 Å². The van der Waals surface area contributed by atoms with E-state index in [4.69, 9.17) is 0 Å². The first-order valence-electron chi connectivity index (χ1n) is 9.07. The average Bonchev–Trinajstić information content (AvgIpc) is 2.76. The van der Waals surface area contributed by atoms with Gasteiger partial charge < -0.3 is 10.4 Å². The maximum Gasteiger partial charge on any atom is 0.271 e. The number of aromatic hydroxyl groups is 1. The van der Waals surface area contributed by atoms with Crippen LogP contribution in [-0.2, 0) is 0 Å². The molecule has 1 heterocycles. The summed E-state index contributed by atoms with van der Waals surface area (Å²) < 4.78 is 0. The number of carbonyl (C=O) groups is 1. The molecule has 0 unspecified atom stereocenters. The first kappa shape index (κ1) is 18.9. The summed E-state index contributed by atoms with van der Waals surface area (Å²) in [4.78, 5) is 31.4. The van der Waals surface area contributed by atoms with Gasteiger partial charge in [-0.05, 0) is 66.2 Å². The SMILES string of the molecule is O=C(N/N=C\c1ccc(O)cc1)c1ccc(Nc2nc3ccccc3c(=O)[nH]2)cc1. The molecule has 1 amide bonds. The monoisotopic (exact) mass is 399 g/mol. The van der Waals surface area contributed by atoms with E-state index in [1.54, 1.807) is 54.6 Å². The van der Waals surface area contributed by atoms with Crippen molar-refractivity contribution in [2.24, 2.45) is 5.10 Å². The molecule has 8 heteroatoms. The quantitative estimate of drug-likeness (QED) is 0.304. The number of hydrogen-bond acceptors (Lipinski definition) is 6. The van der Waals surface area contributed by atoms with Crippen LogP contribution in [0.4, 0.5) is 11.6 Å². The van der Waals surface area contributed by atoms with Crippen LogP contribution in [0.25, 0.3) is 10.9 Å². The number of phenolic OH excluding ortho intramolecular Hbond substituents is 1. The highest BCUT2D eigenvalue weighted by molar-refractivity contribution is 5.95. The Kier molecular flexibility index (Phi) is 5.21. The van der Waals surface area contributed by atoms with Crippen molar-refractivity contribution in [3.05, 3.63) is 94.3 Å². The van der Waals surface area contributed by atoms with E-state index in [1.165, 1.54) is 18.3 Å². The molecule has 148 valence electrons. The predicted molar refractivity (Wildman–Crippen MR) is 115 cm³/mol. The molecule has 0 saturated carbocycles. The van der Waals surface area contributed by atoms with E-state index in [-0.39, 0.29) is 17.2 Å². The highest BCUT2D eigenvalue weighted by atomic mass is 16.3. The smallest absolute Gasteiger partial charge is 0.271 e. The molecule has 0 radical (unpaired) electrons. The van der Waals surface area contributed by atoms with Crippen LogP contribution < -0.4 is 16.3 Å². The fourth-order valence-corrected chi connectivity index (χ4v) is 2.78. The number of H-pyrrole nitrogens is 1. The van der Waals surface area contributed by atoms with E-state index < -0.39 is 0 Å². The van der Waals surface area contributed by atoms with Gasteiger partial charge in [-0.2, -0.15) is 5.10 Å². The van der Waals surface area contributed by atoms with Gasteiger partial charge in [0.1, 0.15) is 5.75 Å². The zero-order valence-electron chi connectivity index (χ0n) is 15.7. The van der Waals surface area contributed by atoms with Crippen molar-refractivity contribution < 1.29 is 9.90 Å². The van der Waals surface area contributed by atoms with Crippen molar-refractivity contribution in [3.8, 4) is 5.75 Å². The molecule has 1 aromatic heterocycles. The third kappa shape index (κ3) is 4.33. The normalized spacial score (nSPS) is 10.9. The zero-order chi connectivity index (χ0) is 20.9. The van der Waals surface area contributed by atoms with Crippen molar-refractivity contribution >= 4 is 34.7 Å². The first-order valence-corrected chi connectivity index (χ1v) is 9.07. The Balaban J connectivity index is 1.42. The summed E-state index contributed by atoms with van der Waals surface area (Å²) in [6, 6.07) is 20.2. The van der Waals surface area contributed by atoms with Gasteiger partial charge in [0.15, 0.2) is 0 Å². The molecular weight excluding hydrogens is 382 g/mol. The van der Waals surface area contributed by atoms with Gasteiger partial charge in [-0.25, -0.2) is 10.4 Å². The molecule has 0 bridgehead atoms. The van der Waals surface area contributed by atoms with Crippen molar-refractivity contribution in [3.63, 3.8) is 0 Å². The van der Waals surface area contributed by atoms with Gasteiger partial charge in [0.2, 0.25) is 5.95 Å². The third-order valence-electron chi connectivity index (χ3n) is 4.30. The van der Waals surface area contributed by atoms with Gasteiger partial charge >= 0.3 is 0 Å². The number of amides is 1. The molecule has 4 N–H and O–H groups in total. The first-order chi connectivity index (χ1) is 14.6. The van der Waals surface area contributed by atoms with Gasteiger partial charge in [-0.1, -0.05) is 12.1 Å². The van der Waals surface area contributed by atoms with Gasteiger partial charge in [-0.15, -0.1) is 0 Å². The largest absolute Gasteiger partial charge is 0.508 e. The fraction of sp³-hybridized carbons (Fsp3) is 0. The summed E-state index contributed by atoms with van der Waals surface area (Å²) >= 11 is 0. The van der Waals surface area contributed by atoms with E-state index >= 15 is 0 Å². The van der Waals surface area contributed by atoms with Crippen LogP contribution in [0, 0.1) is 0 Å². The molecule has 0 saturated heterocycles. The number of carbonyl (C=O) groups excluding carboxylic acids is 1. The molecular formula is C22H17N5O3. The van der Waals surface area contributed by atoms with Crippen LogP contribution in [0.3, 0.4) is 0 Å². The van der Waals surface area contributed by atoms with E-state index in [0.29, 0.717) is 28.1 Å². The van der Waals surface area contributed by atoms with E-state index in [2.05, 4.69) is 25.8 Å². The van der Waals surface area contributed by atoms with Crippen molar-refractivity contribution in [2.45, 2.75) is 0 Å². The van der Waals surface area contributed by atoms with Crippen molar-refractivity contribution in [2.75, 3.05) is 5.32 Å². The lowest BCUT2D eigenvalue weighted by molar-refractivity contribution is 0.0955. The number of phenols is 1. The highest BCUT2D eigenvalue weighted by Gasteiger charge is 2.06. The summed E-state index contributed by atoms with van der Waals surface area (Å²) in [5, 5.41) is 16.7. The minimum atomic E-state index is -0.367. The van der Waals surface area contributed by atoms with Crippen LogP contribution in [0.1, 0.15) is 15.9 Å². The summed E-state index contributed by atoms with van der Waals surface area (Å²) in [7, 11) is 0. The van der Waals surface area contributed by atoms with Crippen LogP contribution in [-0.4, -0.2) is 27.2 Å². The molecule has 0 aliphatic heterocycles. The molecule has 0 aliphatic rings. The summed E-state index contributed by atoms with van der Waals surface area (Å²) in [6.45, 7) is 0. The Morgan fingerprint density at radius 2 is 1.73 bits per heavy atom. The van der Waals surface area contributed by atoms with Crippen molar-refractivity contribution in [1.82, 2.24) is 15.4 Å². The molecule has 0 spiro atoms. The Bertz CT molecular complexity index is 1280. The Morgan fingerprint density at radius 3 is 2.50 bits per heavy atom. The van der Waals surface area contributed by atoms with Crippen LogP contribution >= 0.6 is 0 Å². The standard InChI is InChI=1S/C22H17N5O3/c28-17-11-5-14(6-12-17)13-23-27-20(29)15-7-9-16(10-8-15)24-22-25-19-4-2-1-3-18(19)21(30)26-22/h1-13,28H,(H,27,29)(H2,24,25,26,30)/b23-13-. The third-order valence-corrected chi connectivity index (χ3v) is 4.30. The number of rotatable bonds is 5. The lowest BCUT2D eigenvalue weighted by atomic mass is 10.2.